The number of carboxylic acid groups (broad SMARTS) is 1. The highest BCUT2D eigenvalue weighted by molar-refractivity contribution is 5.80. The highest BCUT2D eigenvalue weighted by Crippen LogP contribution is 1.88. The fourth-order valence-electron chi connectivity index (χ4n) is 0.593. The van der Waals surface area contributed by atoms with E-state index in [1.165, 1.54) is 0 Å². The summed E-state index contributed by atoms with van der Waals surface area (Å²) in [6.07, 6.45) is 0. The number of carbonyl (C=O) groups is 1. The van der Waals surface area contributed by atoms with Crippen LogP contribution < -0.4 is 5.32 Å². The number of aliphatic carboxylic acids is 1. The van der Waals surface area contributed by atoms with Crippen LogP contribution in [0.1, 0.15) is 0 Å². The molecule has 0 spiro atoms. The summed E-state index contributed by atoms with van der Waals surface area (Å²) in [4.78, 5) is 13.8. The van der Waals surface area contributed by atoms with Gasteiger partial charge in [-0.2, -0.15) is 0 Å². The predicted octanol–water partition coefficient (Wildman–Crippen LogP) is -0.953. The molecule has 0 saturated carbocycles. The van der Waals surface area contributed by atoms with E-state index in [1.807, 2.05) is 0 Å². The molecular weight excluding hydrogens is 136 g/mol. The van der Waals surface area contributed by atoms with E-state index in [0.29, 0.717) is 19.2 Å². The molecule has 0 fully saturated rings. The molecule has 10 heavy (non-hydrogen) atoms. The zero-order valence-electron chi connectivity index (χ0n) is 5.33. The SMILES string of the molecule is O=C(O)CNC1=NCCO1. The van der Waals surface area contributed by atoms with Crippen molar-refractivity contribution in [1.29, 1.82) is 0 Å². The van der Waals surface area contributed by atoms with Crippen LogP contribution in [0.25, 0.3) is 0 Å². The molecule has 0 aliphatic carbocycles. The highest BCUT2D eigenvalue weighted by Gasteiger charge is 2.06. The normalized spacial score (nSPS) is 15.8. The van der Waals surface area contributed by atoms with Gasteiger partial charge in [0.2, 0.25) is 0 Å². The maximum atomic E-state index is 9.98. The zero-order valence-corrected chi connectivity index (χ0v) is 5.33. The van der Waals surface area contributed by atoms with E-state index in [-0.39, 0.29) is 6.54 Å². The van der Waals surface area contributed by atoms with Gasteiger partial charge in [0.1, 0.15) is 13.2 Å². The van der Waals surface area contributed by atoms with Crippen LogP contribution in [0.2, 0.25) is 0 Å². The topological polar surface area (TPSA) is 70.9 Å². The smallest absolute Gasteiger partial charge is 0.323 e. The van der Waals surface area contributed by atoms with Crippen LogP contribution in [0.15, 0.2) is 4.99 Å². The van der Waals surface area contributed by atoms with Gasteiger partial charge < -0.3 is 15.2 Å². The maximum absolute atomic E-state index is 9.98. The molecule has 0 aromatic heterocycles. The lowest BCUT2D eigenvalue weighted by molar-refractivity contribution is -0.135. The number of nitrogens with zero attached hydrogens (tertiary/aromatic N) is 1. The molecule has 1 rings (SSSR count). The summed E-state index contributed by atoms with van der Waals surface area (Å²) in [6, 6.07) is 0.336. The van der Waals surface area contributed by atoms with Gasteiger partial charge in [-0.1, -0.05) is 0 Å². The second-order valence-electron chi connectivity index (χ2n) is 1.78. The lowest BCUT2D eigenvalue weighted by Crippen LogP contribution is -2.29. The molecule has 1 aliphatic heterocycles. The third-order valence-electron chi connectivity index (χ3n) is 0.976. The first-order chi connectivity index (χ1) is 4.79. The molecule has 1 heterocycles. The van der Waals surface area contributed by atoms with Crippen LogP contribution in [-0.4, -0.2) is 36.8 Å². The summed E-state index contributed by atoms with van der Waals surface area (Å²) in [5.74, 6) is -0.918. The third kappa shape index (κ3) is 1.93. The van der Waals surface area contributed by atoms with Crippen molar-refractivity contribution >= 4 is 12.0 Å². The average molecular weight is 144 g/mol. The number of hydrogen-bond acceptors (Lipinski definition) is 4. The summed E-state index contributed by atoms with van der Waals surface area (Å²) in [6.45, 7) is 1.02. The van der Waals surface area contributed by atoms with Gasteiger partial charge >= 0.3 is 5.97 Å². The Bertz CT molecular complexity index is 166. The summed E-state index contributed by atoms with van der Waals surface area (Å²) >= 11 is 0. The monoisotopic (exact) mass is 144 g/mol. The third-order valence-corrected chi connectivity index (χ3v) is 0.976. The molecule has 2 N–H and O–H groups in total. The van der Waals surface area contributed by atoms with Gasteiger partial charge in [-0.3, -0.25) is 4.79 Å². The summed E-state index contributed by atoms with van der Waals surface area (Å²) < 4.78 is 4.88. The number of amidine groups is 1. The van der Waals surface area contributed by atoms with Gasteiger partial charge in [0.05, 0.1) is 6.54 Å². The molecule has 0 aromatic carbocycles. The Morgan fingerprint density at radius 2 is 2.70 bits per heavy atom. The molecule has 0 saturated heterocycles. The van der Waals surface area contributed by atoms with Crippen LogP contribution in [0.4, 0.5) is 0 Å². The standard InChI is InChI=1S/C5H8N2O3/c8-4(9)3-7-5-6-1-2-10-5/h1-3H2,(H,6,7)(H,8,9). The fraction of sp³-hybridized carbons (Fsp3) is 0.600. The minimum absolute atomic E-state index is 0.140. The maximum Gasteiger partial charge on any atom is 0.323 e. The van der Waals surface area contributed by atoms with Crippen molar-refractivity contribution in [1.82, 2.24) is 5.32 Å². The van der Waals surface area contributed by atoms with Gasteiger partial charge in [-0.25, -0.2) is 4.99 Å². The van der Waals surface area contributed by atoms with E-state index in [2.05, 4.69) is 10.3 Å². The van der Waals surface area contributed by atoms with Crippen molar-refractivity contribution in [3.8, 4) is 0 Å². The Hall–Kier alpha value is -1.26. The molecule has 0 unspecified atom stereocenters. The molecular formula is C5H8N2O3. The van der Waals surface area contributed by atoms with Crippen LogP contribution in [0.5, 0.6) is 0 Å². The van der Waals surface area contributed by atoms with E-state index in [0.717, 1.165) is 0 Å². The molecule has 0 bridgehead atoms. The van der Waals surface area contributed by atoms with Crippen LogP contribution in [0.3, 0.4) is 0 Å². The second-order valence-corrected chi connectivity index (χ2v) is 1.78. The van der Waals surface area contributed by atoms with Gasteiger partial charge in [0, 0.05) is 0 Å². The number of carboxylic acids is 1. The van der Waals surface area contributed by atoms with Crippen molar-refractivity contribution in [3.63, 3.8) is 0 Å². The molecule has 56 valence electrons. The van der Waals surface area contributed by atoms with Crippen LogP contribution >= 0.6 is 0 Å². The molecule has 0 radical (unpaired) electrons. The van der Waals surface area contributed by atoms with Gasteiger partial charge in [-0.15, -0.1) is 0 Å². The van der Waals surface area contributed by atoms with Crippen molar-refractivity contribution in [3.05, 3.63) is 0 Å². The zero-order chi connectivity index (χ0) is 7.40. The number of hydrogen-bond donors (Lipinski definition) is 2. The molecule has 0 amide bonds. The van der Waals surface area contributed by atoms with E-state index < -0.39 is 5.97 Å². The molecule has 1 aliphatic rings. The minimum atomic E-state index is -0.918. The summed E-state index contributed by atoms with van der Waals surface area (Å²) in [7, 11) is 0. The number of rotatable bonds is 2. The molecule has 0 atom stereocenters. The molecule has 0 aromatic rings. The predicted molar refractivity (Wildman–Crippen MR) is 33.9 cm³/mol. The fourth-order valence-corrected chi connectivity index (χ4v) is 0.593. The quantitative estimate of drug-likeness (QED) is 0.524. The van der Waals surface area contributed by atoms with Crippen LogP contribution in [0, 0.1) is 0 Å². The average Bonchev–Trinajstić information content (AvgIpc) is 2.34. The Kier molecular flexibility index (Phi) is 2.09. The van der Waals surface area contributed by atoms with Crippen LogP contribution in [-0.2, 0) is 9.53 Å². The van der Waals surface area contributed by atoms with Crippen molar-refractivity contribution in [2.45, 2.75) is 0 Å². The van der Waals surface area contributed by atoms with Gasteiger partial charge in [-0.05, 0) is 0 Å². The lowest BCUT2D eigenvalue weighted by atomic mass is 10.7. The first kappa shape index (κ1) is 6.85. The molecule has 5 heteroatoms. The van der Waals surface area contributed by atoms with E-state index >= 15 is 0 Å². The van der Waals surface area contributed by atoms with Crippen molar-refractivity contribution in [2.75, 3.05) is 19.7 Å². The Morgan fingerprint density at radius 3 is 3.20 bits per heavy atom. The number of ether oxygens (including phenoxy) is 1. The van der Waals surface area contributed by atoms with Crippen molar-refractivity contribution < 1.29 is 14.6 Å². The molecule has 5 nitrogen and oxygen atoms in total. The number of nitrogens with one attached hydrogen (secondary N) is 1. The van der Waals surface area contributed by atoms with E-state index in [1.54, 1.807) is 0 Å². The van der Waals surface area contributed by atoms with E-state index in [4.69, 9.17) is 9.84 Å². The first-order valence-electron chi connectivity index (χ1n) is 2.92. The first-order valence-corrected chi connectivity index (χ1v) is 2.92. The Labute approximate surface area is 57.7 Å². The largest absolute Gasteiger partial charge is 0.480 e. The Morgan fingerprint density at radius 1 is 1.90 bits per heavy atom. The van der Waals surface area contributed by atoms with Crippen molar-refractivity contribution in [2.24, 2.45) is 4.99 Å². The van der Waals surface area contributed by atoms with Gasteiger partial charge in [0.15, 0.2) is 0 Å². The second kappa shape index (κ2) is 3.05. The van der Waals surface area contributed by atoms with E-state index in [9.17, 15) is 4.79 Å². The highest BCUT2D eigenvalue weighted by atomic mass is 16.5. The summed E-state index contributed by atoms with van der Waals surface area (Å²) in [5.41, 5.74) is 0. The minimum Gasteiger partial charge on any atom is -0.480 e. The lowest BCUT2D eigenvalue weighted by Gasteiger charge is -2.00. The van der Waals surface area contributed by atoms with Gasteiger partial charge in [0.25, 0.3) is 6.02 Å². The Balaban J connectivity index is 2.19. The summed E-state index contributed by atoms with van der Waals surface area (Å²) in [5, 5.41) is 10.7. The number of aliphatic imine (C=N–C) groups is 1.